The summed E-state index contributed by atoms with van der Waals surface area (Å²) >= 11 is 0. The molecule has 1 aromatic heterocycles. The van der Waals surface area contributed by atoms with Gasteiger partial charge in [0.1, 0.15) is 5.75 Å². The maximum atomic E-state index is 10.9. The molecule has 0 aliphatic carbocycles. The molecule has 0 saturated carbocycles. The number of aromatic nitrogens is 2. The monoisotopic (exact) mass is 355 g/mol. The van der Waals surface area contributed by atoms with E-state index < -0.39 is 5.91 Å². The molecule has 8 nitrogen and oxygen atoms in total. The Hall–Kier alpha value is -3.55. The summed E-state index contributed by atoms with van der Waals surface area (Å²) in [5.41, 5.74) is 5.88. The van der Waals surface area contributed by atoms with Gasteiger partial charge in [-0.05, 0) is 36.4 Å². The molecular formula is C18H17N3O5. The first-order chi connectivity index (χ1) is 12.7. The summed E-state index contributed by atoms with van der Waals surface area (Å²) in [5, 5.41) is 3.94. The largest absolute Gasteiger partial charge is 0.497 e. The zero-order valence-corrected chi connectivity index (χ0v) is 14.0. The van der Waals surface area contributed by atoms with Gasteiger partial charge < -0.3 is 24.5 Å². The van der Waals surface area contributed by atoms with E-state index in [0.29, 0.717) is 23.2 Å². The van der Waals surface area contributed by atoms with E-state index in [0.717, 1.165) is 11.3 Å². The van der Waals surface area contributed by atoms with Crippen LogP contribution in [0, 0.1) is 0 Å². The van der Waals surface area contributed by atoms with Crippen molar-refractivity contribution >= 4 is 5.91 Å². The number of methoxy groups -OCH3 is 1. The standard InChI is InChI=1S/C18H17N3O5/c1-23-13-8-6-12(7-9-13)18-20-17(26-21-18)11-25-15-5-3-2-4-14(15)24-10-16(19)22/h2-9H,10-11H2,1H3,(H2,19,22). The summed E-state index contributed by atoms with van der Waals surface area (Å²) in [6.45, 7) is -0.178. The molecule has 26 heavy (non-hydrogen) atoms. The molecule has 0 saturated heterocycles. The van der Waals surface area contributed by atoms with Crippen molar-refractivity contribution in [2.45, 2.75) is 6.61 Å². The van der Waals surface area contributed by atoms with Crippen LogP contribution in [0.3, 0.4) is 0 Å². The first-order valence-electron chi connectivity index (χ1n) is 7.75. The number of carbonyl (C=O) groups is 1. The van der Waals surface area contributed by atoms with Crippen LogP contribution in [0.5, 0.6) is 17.2 Å². The Bertz CT molecular complexity index is 877. The summed E-state index contributed by atoms with van der Waals surface area (Å²) in [6.07, 6.45) is 0. The van der Waals surface area contributed by atoms with E-state index in [1.807, 2.05) is 24.3 Å². The van der Waals surface area contributed by atoms with Gasteiger partial charge in [-0.1, -0.05) is 17.3 Å². The summed E-state index contributed by atoms with van der Waals surface area (Å²) in [4.78, 5) is 15.2. The summed E-state index contributed by atoms with van der Waals surface area (Å²) < 4.78 is 21.3. The van der Waals surface area contributed by atoms with Crippen LogP contribution in [0.2, 0.25) is 0 Å². The molecular weight excluding hydrogens is 338 g/mol. The highest BCUT2D eigenvalue weighted by Crippen LogP contribution is 2.27. The normalized spacial score (nSPS) is 10.3. The third-order valence-electron chi connectivity index (χ3n) is 3.39. The second-order valence-corrected chi connectivity index (χ2v) is 5.23. The SMILES string of the molecule is COc1ccc(-c2noc(COc3ccccc3OCC(N)=O)n2)cc1. The molecule has 3 aromatic rings. The Morgan fingerprint density at radius 1 is 1.08 bits per heavy atom. The van der Waals surface area contributed by atoms with Crippen molar-refractivity contribution in [3.8, 4) is 28.6 Å². The molecule has 1 heterocycles. The van der Waals surface area contributed by atoms with Crippen LogP contribution in [0.4, 0.5) is 0 Å². The van der Waals surface area contributed by atoms with Gasteiger partial charge in [0, 0.05) is 5.56 Å². The van der Waals surface area contributed by atoms with Gasteiger partial charge in [-0.25, -0.2) is 0 Å². The van der Waals surface area contributed by atoms with Gasteiger partial charge in [0.05, 0.1) is 7.11 Å². The van der Waals surface area contributed by atoms with Gasteiger partial charge in [-0.3, -0.25) is 4.79 Å². The van der Waals surface area contributed by atoms with E-state index >= 15 is 0 Å². The zero-order valence-electron chi connectivity index (χ0n) is 14.0. The lowest BCUT2D eigenvalue weighted by Crippen LogP contribution is -2.20. The highest BCUT2D eigenvalue weighted by molar-refractivity contribution is 5.75. The first kappa shape index (κ1) is 17.3. The average Bonchev–Trinajstić information content (AvgIpc) is 3.14. The van der Waals surface area contributed by atoms with Crippen molar-refractivity contribution in [1.29, 1.82) is 0 Å². The maximum absolute atomic E-state index is 10.9. The number of rotatable bonds is 8. The zero-order chi connectivity index (χ0) is 18.4. The van der Waals surface area contributed by atoms with E-state index in [9.17, 15) is 4.79 Å². The van der Waals surface area contributed by atoms with Gasteiger partial charge in [-0.15, -0.1) is 0 Å². The highest BCUT2D eigenvalue weighted by atomic mass is 16.5. The molecule has 2 N–H and O–H groups in total. The number of primary amides is 1. The van der Waals surface area contributed by atoms with E-state index in [4.69, 9.17) is 24.5 Å². The number of amides is 1. The van der Waals surface area contributed by atoms with Crippen molar-refractivity contribution in [3.05, 3.63) is 54.4 Å². The van der Waals surface area contributed by atoms with Crippen molar-refractivity contribution in [3.63, 3.8) is 0 Å². The van der Waals surface area contributed by atoms with Crippen LogP contribution >= 0.6 is 0 Å². The minimum absolute atomic E-state index is 0.0557. The summed E-state index contributed by atoms with van der Waals surface area (Å²) in [6, 6.07) is 14.2. The van der Waals surface area contributed by atoms with E-state index in [-0.39, 0.29) is 13.2 Å². The number of nitrogens with zero attached hydrogens (tertiary/aromatic N) is 2. The molecule has 1 amide bonds. The second-order valence-electron chi connectivity index (χ2n) is 5.23. The number of ether oxygens (including phenoxy) is 3. The summed E-state index contributed by atoms with van der Waals surface area (Å²) in [7, 11) is 1.60. The molecule has 0 radical (unpaired) electrons. The number of carbonyl (C=O) groups excluding carboxylic acids is 1. The molecule has 0 fully saturated rings. The molecule has 3 rings (SSSR count). The number of benzene rings is 2. The third-order valence-corrected chi connectivity index (χ3v) is 3.39. The van der Waals surface area contributed by atoms with Gasteiger partial charge in [0.15, 0.2) is 24.7 Å². The molecule has 2 aromatic carbocycles. The Balaban J connectivity index is 1.65. The van der Waals surface area contributed by atoms with E-state index in [2.05, 4.69) is 10.1 Å². The van der Waals surface area contributed by atoms with Gasteiger partial charge >= 0.3 is 0 Å². The Morgan fingerprint density at radius 3 is 2.42 bits per heavy atom. The quantitative estimate of drug-likeness (QED) is 0.659. The maximum Gasteiger partial charge on any atom is 0.264 e. The fraction of sp³-hybridized carbons (Fsp3) is 0.167. The van der Waals surface area contributed by atoms with Crippen LogP contribution in [0.25, 0.3) is 11.4 Å². The Kier molecular flexibility index (Phi) is 5.33. The predicted octanol–water partition coefficient (Wildman–Crippen LogP) is 2.19. The molecule has 8 heteroatoms. The predicted molar refractivity (Wildman–Crippen MR) is 91.7 cm³/mol. The smallest absolute Gasteiger partial charge is 0.264 e. The number of nitrogens with two attached hydrogens (primary N) is 1. The molecule has 0 spiro atoms. The number of hydrogen-bond donors (Lipinski definition) is 1. The average molecular weight is 355 g/mol. The van der Waals surface area contributed by atoms with Crippen LogP contribution in [0.15, 0.2) is 53.1 Å². The van der Waals surface area contributed by atoms with Crippen molar-refractivity contribution < 1.29 is 23.5 Å². The fourth-order valence-corrected chi connectivity index (χ4v) is 2.15. The lowest BCUT2D eigenvalue weighted by atomic mass is 10.2. The first-order valence-corrected chi connectivity index (χ1v) is 7.75. The number of para-hydroxylation sites is 2. The third kappa shape index (κ3) is 4.29. The topological polar surface area (TPSA) is 110 Å². The van der Waals surface area contributed by atoms with Crippen LogP contribution in [-0.2, 0) is 11.4 Å². The highest BCUT2D eigenvalue weighted by Gasteiger charge is 2.11. The molecule has 0 aliphatic heterocycles. The fourth-order valence-electron chi connectivity index (χ4n) is 2.15. The molecule has 0 bridgehead atoms. The minimum atomic E-state index is -0.569. The van der Waals surface area contributed by atoms with E-state index in [1.165, 1.54) is 0 Å². The second kappa shape index (κ2) is 8.02. The molecule has 0 atom stereocenters. The lowest BCUT2D eigenvalue weighted by Gasteiger charge is -2.10. The Labute approximate surface area is 149 Å². The Morgan fingerprint density at radius 2 is 1.77 bits per heavy atom. The molecule has 0 aliphatic rings. The van der Waals surface area contributed by atoms with Crippen molar-refractivity contribution in [1.82, 2.24) is 10.1 Å². The number of hydrogen-bond acceptors (Lipinski definition) is 7. The summed E-state index contributed by atoms with van der Waals surface area (Å²) in [5.74, 6) is 1.78. The van der Waals surface area contributed by atoms with E-state index in [1.54, 1.807) is 31.4 Å². The van der Waals surface area contributed by atoms with Crippen LogP contribution in [0.1, 0.15) is 5.89 Å². The van der Waals surface area contributed by atoms with Gasteiger partial charge in [-0.2, -0.15) is 4.98 Å². The van der Waals surface area contributed by atoms with Crippen LogP contribution in [-0.4, -0.2) is 29.8 Å². The minimum Gasteiger partial charge on any atom is -0.497 e. The molecule has 134 valence electrons. The van der Waals surface area contributed by atoms with Gasteiger partial charge in [0.2, 0.25) is 5.82 Å². The van der Waals surface area contributed by atoms with Gasteiger partial charge in [0.25, 0.3) is 11.8 Å². The van der Waals surface area contributed by atoms with Crippen molar-refractivity contribution in [2.75, 3.05) is 13.7 Å². The molecule has 0 unspecified atom stereocenters. The van der Waals surface area contributed by atoms with Crippen molar-refractivity contribution in [2.24, 2.45) is 5.73 Å². The lowest BCUT2D eigenvalue weighted by molar-refractivity contribution is -0.119. The van der Waals surface area contributed by atoms with Crippen LogP contribution < -0.4 is 19.9 Å².